The normalized spacial score (nSPS) is 19.1. The number of halogens is 1. The molecule has 12 nitrogen and oxygen atoms in total. The molecule has 284 valence electrons. The summed E-state index contributed by atoms with van der Waals surface area (Å²) >= 11 is 0. The summed E-state index contributed by atoms with van der Waals surface area (Å²) in [4.78, 5) is 44.0. The molecule has 3 N–H and O–H groups in total. The van der Waals surface area contributed by atoms with Crippen molar-refractivity contribution in [2.45, 2.75) is 58.4 Å². The van der Waals surface area contributed by atoms with E-state index in [-0.39, 0.29) is 17.8 Å². The summed E-state index contributed by atoms with van der Waals surface area (Å²) in [5.74, 6) is 1.01. The van der Waals surface area contributed by atoms with Crippen molar-refractivity contribution in [3.8, 4) is 5.88 Å². The van der Waals surface area contributed by atoms with Gasteiger partial charge in [-0.05, 0) is 104 Å². The van der Waals surface area contributed by atoms with E-state index >= 15 is 4.39 Å². The highest BCUT2D eigenvalue weighted by Gasteiger charge is 2.46. The number of fused-ring (bicyclic) bond motifs is 2. The van der Waals surface area contributed by atoms with Crippen LogP contribution in [-0.4, -0.2) is 66.2 Å². The Balaban J connectivity index is 0.766. The predicted octanol–water partition coefficient (Wildman–Crippen LogP) is 6.67. The fourth-order valence-corrected chi connectivity index (χ4v) is 8.96. The smallest absolute Gasteiger partial charge is 0.328 e. The summed E-state index contributed by atoms with van der Waals surface area (Å²) in [6.45, 7) is 11.7. The number of nitrogens with one attached hydrogen (secondary N) is 3. The molecule has 4 aromatic rings. The molecule has 5 aliphatic rings. The summed E-state index contributed by atoms with van der Waals surface area (Å²) in [7, 11) is 0. The van der Waals surface area contributed by atoms with E-state index in [0.29, 0.717) is 67.0 Å². The molecule has 2 aromatic heterocycles. The lowest BCUT2D eigenvalue weighted by atomic mass is 9.55. The largest absolute Gasteiger partial charge is 0.474 e. The molecule has 9 rings (SSSR count). The molecule has 1 spiro atoms. The minimum Gasteiger partial charge on any atom is -0.474 e. The zero-order valence-electron chi connectivity index (χ0n) is 31.2. The van der Waals surface area contributed by atoms with Crippen molar-refractivity contribution in [2.75, 3.05) is 64.7 Å². The van der Waals surface area contributed by atoms with Gasteiger partial charge in [0.15, 0.2) is 0 Å². The SMILES string of the molecule is C=C(Cc1ccc(Nc2ncc3c(n2)CN(c2cnc4c(c2C)NCCO4)CC3)cc1F)C1CC2(CCN(c3ccc(N4CCC(=O)NC4=O)cc3)CC2)C1. The number of allylic oxidation sites excluding steroid dienone is 1. The second-order valence-corrected chi connectivity index (χ2v) is 15.7. The number of ether oxygens (including phenoxy) is 1. The number of urea groups is 1. The monoisotopic (exact) mass is 743 g/mol. The quantitative estimate of drug-likeness (QED) is 0.169. The molecule has 1 aliphatic carbocycles. The van der Waals surface area contributed by atoms with Crippen LogP contribution in [0.5, 0.6) is 5.88 Å². The molecular weight excluding hydrogens is 698 g/mol. The van der Waals surface area contributed by atoms with Crippen LogP contribution in [0.4, 0.5) is 43.6 Å². The van der Waals surface area contributed by atoms with Crippen LogP contribution in [0.2, 0.25) is 0 Å². The molecular formula is C42H46FN9O3. The number of nitrogens with zero attached hydrogens (tertiary/aromatic N) is 6. The van der Waals surface area contributed by atoms with Crippen molar-refractivity contribution >= 4 is 46.3 Å². The van der Waals surface area contributed by atoms with Crippen LogP contribution in [-0.2, 0) is 24.2 Å². The van der Waals surface area contributed by atoms with Gasteiger partial charge in [0.1, 0.15) is 18.1 Å². The van der Waals surface area contributed by atoms with Crippen LogP contribution in [0.1, 0.15) is 54.5 Å². The Morgan fingerprint density at radius 3 is 2.58 bits per heavy atom. The molecule has 2 saturated heterocycles. The number of aromatic nitrogens is 3. The molecule has 0 unspecified atom stereocenters. The lowest BCUT2D eigenvalue weighted by Gasteiger charge is -2.53. The number of hydrogen-bond acceptors (Lipinski definition) is 10. The minimum absolute atomic E-state index is 0.230. The molecule has 4 aliphatic heterocycles. The zero-order chi connectivity index (χ0) is 37.7. The van der Waals surface area contributed by atoms with Crippen molar-refractivity contribution in [1.82, 2.24) is 20.3 Å². The Labute approximate surface area is 320 Å². The van der Waals surface area contributed by atoms with Crippen molar-refractivity contribution < 1.29 is 18.7 Å². The van der Waals surface area contributed by atoms with Gasteiger partial charge in [-0.25, -0.2) is 24.1 Å². The lowest BCUT2D eigenvalue weighted by Crippen LogP contribution is -2.49. The van der Waals surface area contributed by atoms with Crippen molar-refractivity contribution in [2.24, 2.45) is 11.3 Å². The molecule has 6 heterocycles. The van der Waals surface area contributed by atoms with Gasteiger partial charge in [0.05, 0.1) is 24.1 Å². The maximum atomic E-state index is 15.5. The maximum Gasteiger partial charge on any atom is 0.328 e. The number of imide groups is 1. The topological polar surface area (TPSA) is 128 Å². The van der Waals surface area contributed by atoms with Gasteiger partial charge in [-0.1, -0.05) is 18.2 Å². The number of hydrogen-bond donors (Lipinski definition) is 3. The molecule has 13 heteroatoms. The third kappa shape index (κ3) is 6.92. The summed E-state index contributed by atoms with van der Waals surface area (Å²) < 4.78 is 21.2. The van der Waals surface area contributed by atoms with E-state index in [1.807, 2.05) is 36.7 Å². The highest BCUT2D eigenvalue weighted by Crippen LogP contribution is 2.55. The summed E-state index contributed by atoms with van der Waals surface area (Å²) in [5.41, 5.74) is 9.82. The molecule has 3 amide bonds. The third-order valence-electron chi connectivity index (χ3n) is 12.3. The number of carbonyl (C=O) groups excluding carboxylic acids is 2. The number of amides is 3. The number of benzene rings is 2. The van der Waals surface area contributed by atoms with E-state index in [9.17, 15) is 9.59 Å². The molecule has 0 radical (unpaired) electrons. The second kappa shape index (κ2) is 14.2. The van der Waals surface area contributed by atoms with Crippen LogP contribution in [0, 0.1) is 24.1 Å². The van der Waals surface area contributed by atoms with Gasteiger partial charge in [-0.15, -0.1) is 0 Å². The van der Waals surface area contributed by atoms with E-state index < -0.39 is 0 Å². The minimum atomic E-state index is -0.365. The van der Waals surface area contributed by atoms with E-state index in [0.717, 1.165) is 103 Å². The van der Waals surface area contributed by atoms with Crippen molar-refractivity contribution in [3.63, 3.8) is 0 Å². The highest BCUT2D eigenvalue weighted by atomic mass is 19.1. The number of anilines is 6. The lowest BCUT2D eigenvalue weighted by molar-refractivity contribution is -0.120. The van der Waals surface area contributed by atoms with Crippen LogP contribution in [0.25, 0.3) is 0 Å². The first kappa shape index (κ1) is 35.0. The van der Waals surface area contributed by atoms with E-state index in [1.165, 1.54) is 6.07 Å². The third-order valence-corrected chi connectivity index (χ3v) is 12.3. The maximum absolute atomic E-state index is 15.5. The van der Waals surface area contributed by atoms with E-state index in [1.54, 1.807) is 4.90 Å². The summed E-state index contributed by atoms with van der Waals surface area (Å²) in [5, 5.41) is 9.04. The van der Waals surface area contributed by atoms with Gasteiger partial charge in [-0.3, -0.25) is 15.0 Å². The summed E-state index contributed by atoms with van der Waals surface area (Å²) in [6, 6.07) is 13.0. The van der Waals surface area contributed by atoms with Gasteiger partial charge >= 0.3 is 6.03 Å². The van der Waals surface area contributed by atoms with Crippen molar-refractivity contribution in [1.29, 1.82) is 0 Å². The zero-order valence-corrected chi connectivity index (χ0v) is 31.2. The molecule has 3 fully saturated rings. The Kier molecular flexibility index (Phi) is 9.02. The first-order chi connectivity index (χ1) is 26.7. The second-order valence-electron chi connectivity index (χ2n) is 15.7. The molecule has 2 aromatic carbocycles. The average Bonchev–Trinajstić information content (AvgIpc) is 3.18. The van der Waals surface area contributed by atoms with Gasteiger partial charge in [0, 0.05) is 68.0 Å². The van der Waals surface area contributed by atoms with Gasteiger partial charge in [-0.2, -0.15) is 0 Å². The van der Waals surface area contributed by atoms with E-state index in [4.69, 9.17) is 9.72 Å². The fourth-order valence-electron chi connectivity index (χ4n) is 8.96. The standard InChI is InChI=1S/C42H46FN9O3/c1-26(30-21-42(22-30)11-16-50(17-12-42)32-5-7-33(8-6-32)52-15-10-37(53)49-41(52)54)19-28-3-4-31(20-34(28)43)47-40-46-23-29-9-14-51(25-35(29)48-40)36-24-45-39-38(27(36)2)44-13-18-55-39/h3-8,20,23-24,30,44H,1,9-19,21-22,25H2,2H3,(H,46,47,48)(H,49,53,54). The van der Waals surface area contributed by atoms with Crippen molar-refractivity contribution in [3.05, 3.63) is 95.2 Å². The fraction of sp³-hybridized carbons (Fsp3) is 0.405. The van der Waals surface area contributed by atoms with Gasteiger partial charge in [0.25, 0.3) is 0 Å². The number of piperidine rings is 1. The average molecular weight is 744 g/mol. The van der Waals surface area contributed by atoms with Crippen LogP contribution >= 0.6 is 0 Å². The Morgan fingerprint density at radius 1 is 1.00 bits per heavy atom. The number of rotatable bonds is 8. The Morgan fingerprint density at radius 2 is 1.80 bits per heavy atom. The van der Waals surface area contributed by atoms with Gasteiger partial charge in [0.2, 0.25) is 17.7 Å². The van der Waals surface area contributed by atoms with Crippen LogP contribution < -0.4 is 35.4 Å². The van der Waals surface area contributed by atoms with E-state index in [2.05, 4.69) is 61.4 Å². The highest BCUT2D eigenvalue weighted by molar-refractivity contribution is 6.05. The first-order valence-electron chi connectivity index (χ1n) is 19.4. The molecule has 0 atom stereocenters. The van der Waals surface area contributed by atoms with Gasteiger partial charge < -0.3 is 25.2 Å². The van der Waals surface area contributed by atoms with Crippen LogP contribution in [0.15, 0.2) is 67.0 Å². The Hall–Kier alpha value is -5.72. The number of pyridine rings is 1. The molecule has 0 bridgehead atoms. The number of carbonyl (C=O) groups is 2. The van der Waals surface area contributed by atoms with Crippen LogP contribution in [0.3, 0.4) is 0 Å². The Bertz CT molecular complexity index is 2160. The predicted molar refractivity (Wildman–Crippen MR) is 211 cm³/mol. The first-order valence-corrected chi connectivity index (χ1v) is 19.4. The summed E-state index contributed by atoms with van der Waals surface area (Å²) in [6.07, 6.45) is 9.85. The molecule has 55 heavy (non-hydrogen) atoms. The molecule has 1 saturated carbocycles.